The van der Waals surface area contributed by atoms with Crippen molar-refractivity contribution in [2.75, 3.05) is 30.9 Å². The van der Waals surface area contributed by atoms with Crippen molar-refractivity contribution >= 4 is 23.2 Å². The minimum Gasteiger partial charge on any atom is -0.376 e. The van der Waals surface area contributed by atoms with Crippen molar-refractivity contribution in [3.8, 4) is 6.07 Å². The van der Waals surface area contributed by atoms with E-state index in [0.717, 1.165) is 5.69 Å². The lowest BCUT2D eigenvalue weighted by Gasteiger charge is -2.17. The highest BCUT2D eigenvalue weighted by Gasteiger charge is 2.14. The number of nitriles is 1. The second-order valence-corrected chi connectivity index (χ2v) is 3.71. The van der Waals surface area contributed by atoms with Gasteiger partial charge in [0, 0.05) is 14.1 Å². The third-order valence-electron chi connectivity index (χ3n) is 2.17. The maximum absolute atomic E-state index is 11.5. The third-order valence-corrected chi connectivity index (χ3v) is 2.17. The van der Waals surface area contributed by atoms with Crippen molar-refractivity contribution in [2.24, 2.45) is 0 Å². The summed E-state index contributed by atoms with van der Waals surface area (Å²) in [4.78, 5) is 24.7. The highest BCUT2D eigenvalue weighted by Crippen LogP contribution is 2.23. The molecule has 0 radical (unpaired) electrons. The van der Waals surface area contributed by atoms with Crippen LogP contribution in [0.2, 0.25) is 0 Å². The molecule has 0 bridgehead atoms. The summed E-state index contributed by atoms with van der Waals surface area (Å²) < 4.78 is 0. The Labute approximate surface area is 105 Å². The molecule has 6 heteroatoms. The number of para-hydroxylation sites is 2. The van der Waals surface area contributed by atoms with Gasteiger partial charge in [0.25, 0.3) is 0 Å². The number of benzene rings is 1. The summed E-state index contributed by atoms with van der Waals surface area (Å²) >= 11 is 0. The predicted octanol–water partition coefficient (Wildman–Crippen LogP) is 0.331. The van der Waals surface area contributed by atoms with Crippen LogP contribution in [-0.2, 0) is 9.59 Å². The van der Waals surface area contributed by atoms with Crippen LogP contribution in [0.5, 0.6) is 0 Å². The Morgan fingerprint density at radius 1 is 1.28 bits per heavy atom. The zero-order valence-corrected chi connectivity index (χ0v) is 10.2. The number of carbonyl (C=O) groups excluding carboxylic acids is 2. The predicted molar refractivity (Wildman–Crippen MR) is 68.0 cm³/mol. The fourth-order valence-corrected chi connectivity index (χ4v) is 1.35. The lowest BCUT2D eigenvalue weighted by Crippen LogP contribution is -2.35. The molecule has 18 heavy (non-hydrogen) atoms. The molecular weight excluding hydrogens is 232 g/mol. The molecule has 0 unspecified atom stereocenters. The van der Waals surface area contributed by atoms with Gasteiger partial charge in [0.1, 0.15) is 6.54 Å². The molecular formula is C12H14N4O2. The SMILES string of the molecule is CN(C)c1ccccc1NC(=O)C(=O)NCC#N. The molecule has 0 saturated heterocycles. The Hall–Kier alpha value is -2.55. The zero-order valence-electron chi connectivity index (χ0n) is 10.2. The fourth-order valence-electron chi connectivity index (χ4n) is 1.35. The molecule has 0 spiro atoms. The van der Waals surface area contributed by atoms with Crippen molar-refractivity contribution in [3.63, 3.8) is 0 Å². The molecule has 0 aliphatic heterocycles. The number of nitrogens with zero attached hydrogens (tertiary/aromatic N) is 2. The average molecular weight is 246 g/mol. The number of anilines is 2. The van der Waals surface area contributed by atoms with Crippen molar-refractivity contribution in [1.29, 1.82) is 5.26 Å². The van der Waals surface area contributed by atoms with Gasteiger partial charge in [0.05, 0.1) is 17.4 Å². The molecule has 94 valence electrons. The fraction of sp³-hybridized carbons (Fsp3) is 0.250. The maximum atomic E-state index is 11.5. The molecule has 2 N–H and O–H groups in total. The van der Waals surface area contributed by atoms with E-state index >= 15 is 0 Å². The number of hydrogen-bond donors (Lipinski definition) is 2. The van der Waals surface area contributed by atoms with E-state index in [1.54, 1.807) is 18.2 Å². The van der Waals surface area contributed by atoms with Gasteiger partial charge in [-0.3, -0.25) is 9.59 Å². The van der Waals surface area contributed by atoms with E-state index in [0.29, 0.717) is 5.69 Å². The van der Waals surface area contributed by atoms with Crippen LogP contribution in [0.25, 0.3) is 0 Å². The van der Waals surface area contributed by atoms with Crippen molar-refractivity contribution < 1.29 is 9.59 Å². The standard InChI is InChI=1S/C12H14N4O2/c1-16(2)10-6-4-3-5-9(10)15-12(18)11(17)14-8-7-13/h3-6H,8H2,1-2H3,(H,14,17)(H,15,18). The molecule has 2 amide bonds. The van der Waals surface area contributed by atoms with Crippen LogP contribution in [0.3, 0.4) is 0 Å². The van der Waals surface area contributed by atoms with Gasteiger partial charge >= 0.3 is 11.8 Å². The minimum atomic E-state index is -0.829. The molecule has 1 aromatic carbocycles. The number of rotatable bonds is 3. The summed E-state index contributed by atoms with van der Waals surface area (Å²) in [6, 6.07) is 8.84. The zero-order chi connectivity index (χ0) is 13.5. The largest absolute Gasteiger partial charge is 0.376 e. The van der Waals surface area contributed by atoms with Gasteiger partial charge in [-0.15, -0.1) is 0 Å². The van der Waals surface area contributed by atoms with Crippen LogP contribution < -0.4 is 15.5 Å². The molecule has 0 saturated carbocycles. The molecule has 1 rings (SSSR count). The number of carbonyl (C=O) groups is 2. The normalized spacial score (nSPS) is 9.17. The summed E-state index contributed by atoms with van der Waals surface area (Å²) in [5.41, 5.74) is 1.33. The van der Waals surface area contributed by atoms with E-state index in [9.17, 15) is 9.59 Å². The first-order valence-electron chi connectivity index (χ1n) is 5.28. The molecule has 0 aromatic heterocycles. The molecule has 0 heterocycles. The number of hydrogen-bond acceptors (Lipinski definition) is 4. The van der Waals surface area contributed by atoms with E-state index in [-0.39, 0.29) is 6.54 Å². The lowest BCUT2D eigenvalue weighted by molar-refractivity contribution is -0.136. The monoisotopic (exact) mass is 246 g/mol. The molecule has 0 aliphatic carbocycles. The first kappa shape index (κ1) is 13.5. The van der Waals surface area contributed by atoms with E-state index in [1.807, 2.05) is 31.1 Å². The summed E-state index contributed by atoms with van der Waals surface area (Å²) in [6.45, 7) is -0.193. The summed E-state index contributed by atoms with van der Waals surface area (Å²) in [6.07, 6.45) is 0. The summed E-state index contributed by atoms with van der Waals surface area (Å²) in [5, 5.41) is 13.0. The Balaban J connectivity index is 2.76. The van der Waals surface area contributed by atoms with Crippen molar-refractivity contribution in [1.82, 2.24) is 5.32 Å². The van der Waals surface area contributed by atoms with E-state index in [1.165, 1.54) is 0 Å². The Kier molecular flexibility index (Phi) is 4.69. The minimum absolute atomic E-state index is 0.193. The summed E-state index contributed by atoms with van der Waals surface area (Å²) in [7, 11) is 3.67. The van der Waals surface area contributed by atoms with E-state index < -0.39 is 11.8 Å². The van der Waals surface area contributed by atoms with Crippen LogP contribution in [-0.4, -0.2) is 32.5 Å². The van der Waals surface area contributed by atoms with E-state index in [2.05, 4.69) is 10.6 Å². The van der Waals surface area contributed by atoms with E-state index in [4.69, 9.17) is 5.26 Å². The smallest absolute Gasteiger partial charge is 0.313 e. The van der Waals surface area contributed by atoms with Gasteiger partial charge in [-0.1, -0.05) is 12.1 Å². The topological polar surface area (TPSA) is 85.2 Å². The molecule has 0 fully saturated rings. The molecule has 0 atom stereocenters. The lowest BCUT2D eigenvalue weighted by atomic mass is 10.2. The summed E-state index contributed by atoms with van der Waals surface area (Å²) in [5.74, 6) is -1.62. The highest BCUT2D eigenvalue weighted by molar-refractivity contribution is 6.40. The van der Waals surface area contributed by atoms with Crippen LogP contribution in [0, 0.1) is 11.3 Å². The van der Waals surface area contributed by atoms with Crippen LogP contribution >= 0.6 is 0 Å². The first-order chi connectivity index (χ1) is 8.56. The molecule has 1 aromatic rings. The van der Waals surface area contributed by atoms with Gasteiger partial charge in [0.15, 0.2) is 0 Å². The van der Waals surface area contributed by atoms with Gasteiger partial charge in [-0.05, 0) is 12.1 Å². The Morgan fingerprint density at radius 3 is 2.56 bits per heavy atom. The molecule has 0 aliphatic rings. The Morgan fingerprint density at radius 2 is 1.94 bits per heavy atom. The highest BCUT2D eigenvalue weighted by atomic mass is 16.2. The third kappa shape index (κ3) is 3.49. The first-order valence-corrected chi connectivity index (χ1v) is 5.28. The number of amides is 2. The van der Waals surface area contributed by atoms with Crippen molar-refractivity contribution in [2.45, 2.75) is 0 Å². The van der Waals surface area contributed by atoms with Crippen molar-refractivity contribution in [3.05, 3.63) is 24.3 Å². The van der Waals surface area contributed by atoms with Gasteiger partial charge < -0.3 is 15.5 Å². The van der Waals surface area contributed by atoms with Crippen LogP contribution in [0.15, 0.2) is 24.3 Å². The second kappa shape index (κ2) is 6.25. The van der Waals surface area contributed by atoms with Gasteiger partial charge in [-0.2, -0.15) is 5.26 Å². The van der Waals surface area contributed by atoms with Gasteiger partial charge in [0.2, 0.25) is 0 Å². The maximum Gasteiger partial charge on any atom is 0.313 e. The number of nitrogens with one attached hydrogen (secondary N) is 2. The molecule has 6 nitrogen and oxygen atoms in total. The Bertz CT molecular complexity index is 491. The van der Waals surface area contributed by atoms with Crippen LogP contribution in [0.1, 0.15) is 0 Å². The van der Waals surface area contributed by atoms with Crippen LogP contribution in [0.4, 0.5) is 11.4 Å². The van der Waals surface area contributed by atoms with Gasteiger partial charge in [-0.25, -0.2) is 0 Å². The second-order valence-electron chi connectivity index (χ2n) is 3.71. The average Bonchev–Trinajstić information content (AvgIpc) is 2.36. The quantitative estimate of drug-likeness (QED) is 0.594.